The van der Waals surface area contributed by atoms with Crippen LogP contribution in [0.5, 0.6) is 11.5 Å². The maximum absolute atomic E-state index is 8.68. The second kappa shape index (κ2) is 6.38. The molecule has 5 heteroatoms. The van der Waals surface area contributed by atoms with E-state index in [0.29, 0.717) is 5.75 Å². The van der Waals surface area contributed by atoms with Gasteiger partial charge in [-0.25, -0.2) is 0 Å². The summed E-state index contributed by atoms with van der Waals surface area (Å²) in [5, 5.41) is 8.68. The number of nitrogens with zero attached hydrogens (tertiary/aromatic N) is 1. The zero-order chi connectivity index (χ0) is 12.8. The van der Waals surface area contributed by atoms with Crippen LogP contribution in [0.3, 0.4) is 0 Å². The van der Waals surface area contributed by atoms with Gasteiger partial charge in [0, 0.05) is 11.6 Å². The second-order valence-electron chi connectivity index (χ2n) is 3.42. The van der Waals surface area contributed by atoms with E-state index in [4.69, 9.17) is 20.5 Å². The number of thioether (sulfide) groups is 1. The van der Waals surface area contributed by atoms with Gasteiger partial charge in [-0.1, -0.05) is 0 Å². The van der Waals surface area contributed by atoms with Crippen molar-refractivity contribution in [3.63, 3.8) is 0 Å². The molecule has 0 bridgehead atoms. The molecule has 4 nitrogen and oxygen atoms in total. The molecule has 1 rings (SSSR count). The minimum Gasteiger partial charge on any atom is -0.496 e. The minimum atomic E-state index is -0.361. The Kier molecular flexibility index (Phi) is 5.13. The summed E-state index contributed by atoms with van der Waals surface area (Å²) >= 11 is 1.57. The Morgan fingerprint density at radius 3 is 2.47 bits per heavy atom. The molecule has 0 aliphatic carbocycles. The van der Waals surface area contributed by atoms with E-state index < -0.39 is 0 Å². The van der Waals surface area contributed by atoms with E-state index in [-0.39, 0.29) is 12.5 Å². The van der Waals surface area contributed by atoms with E-state index in [9.17, 15) is 0 Å². The smallest absolute Gasteiger partial charge is 0.133 e. The first kappa shape index (κ1) is 13.7. The highest BCUT2D eigenvalue weighted by Gasteiger charge is 2.16. The van der Waals surface area contributed by atoms with Crippen molar-refractivity contribution in [1.82, 2.24) is 0 Å². The summed E-state index contributed by atoms with van der Waals surface area (Å²) in [6.07, 6.45) is 2.21. The Bertz CT molecular complexity index is 429. The topological polar surface area (TPSA) is 68.3 Å². The molecule has 0 heterocycles. The molecule has 17 heavy (non-hydrogen) atoms. The lowest BCUT2D eigenvalue weighted by Crippen LogP contribution is -2.11. The third-order valence-electron chi connectivity index (χ3n) is 2.45. The third kappa shape index (κ3) is 3.05. The van der Waals surface area contributed by atoms with Gasteiger partial charge in [-0.15, -0.1) is 11.8 Å². The fraction of sp³-hybridized carbons (Fsp3) is 0.417. The van der Waals surface area contributed by atoms with Crippen LogP contribution in [0, 0.1) is 11.3 Å². The van der Waals surface area contributed by atoms with Gasteiger partial charge in [0.25, 0.3) is 0 Å². The number of hydrogen-bond donors (Lipinski definition) is 1. The van der Waals surface area contributed by atoms with Gasteiger partial charge in [0.15, 0.2) is 0 Å². The van der Waals surface area contributed by atoms with Gasteiger partial charge >= 0.3 is 0 Å². The van der Waals surface area contributed by atoms with Gasteiger partial charge in [-0.3, -0.25) is 0 Å². The average molecular weight is 252 g/mol. The molecule has 1 atom stereocenters. The number of hydrogen-bond acceptors (Lipinski definition) is 5. The first-order valence-corrected chi connectivity index (χ1v) is 6.32. The monoisotopic (exact) mass is 252 g/mol. The van der Waals surface area contributed by atoms with E-state index in [2.05, 4.69) is 6.07 Å². The molecule has 2 N–H and O–H groups in total. The molecule has 1 aromatic rings. The summed E-state index contributed by atoms with van der Waals surface area (Å²) in [6, 6.07) is 5.42. The van der Waals surface area contributed by atoms with Crippen molar-refractivity contribution in [2.45, 2.75) is 17.4 Å². The lowest BCUT2D eigenvalue weighted by atomic mass is 10.0. The van der Waals surface area contributed by atoms with Crippen molar-refractivity contribution in [1.29, 1.82) is 5.26 Å². The predicted molar refractivity (Wildman–Crippen MR) is 68.5 cm³/mol. The highest BCUT2D eigenvalue weighted by Crippen LogP contribution is 2.37. The first-order valence-electron chi connectivity index (χ1n) is 5.10. The molecule has 0 aliphatic rings. The molecular weight excluding hydrogens is 236 g/mol. The Morgan fingerprint density at radius 2 is 2.00 bits per heavy atom. The van der Waals surface area contributed by atoms with E-state index in [1.807, 2.05) is 18.4 Å². The first-order chi connectivity index (χ1) is 8.17. The Hall–Kier alpha value is -1.38. The number of nitriles is 1. The van der Waals surface area contributed by atoms with E-state index in [1.165, 1.54) is 0 Å². The molecular formula is C12H16N2O2S. The molecule has 0 amide bonds. The van der Waals surface area contributed by atoms with E-state index in [0.717, 1.165) is 16.2 Å². The molecule has 1 aromatic carbocycles. The van der Waals surface area contributed by atoms with Crippen LogP contribution in [0.4, 0.5) is 0 Å². The van der Waals surface area contributed by atoms with Crippen LogP contribution in [-0.4, -0.2) is 20.5 Å². The van der Waals surface area contributed by atoms with Gasteiger partial charge in [0.05, 0.1) is 31.6 Å². The van der Waals surface area contributed by atoms with Crippen molar-refractivity contribution < 1.29 is 9.47 Å². The van der Waals surface area contributed by atoms with Crippen molar-refractivity contribution in [2.24, 2.45) is 5.73 Å². The fourth-order valence-corrected chi connectivity index (χ4v) is 2.12. The molecule has 0 saturated heterocycles. The highest BCUT2D eigenvalue weighted by molar-refractivity contribution is 7.98. The largest absolute Gasteiger partial charge is 0.496 e. The van der Waals surface area contributed by atoms with E-state index >= 15 is 0 Å². The number of nitrogens with two attached hydrogens (primary N) is 1. The maximum Gasteiger partial charge on any atom is 0.133 e. The molecule has 0 spiro atoms. The standard InChI is InChI=1S/C12H16N2O2S/c1-15-10-7-12(17-3)11(16-2)6-8(10)9(14)4-5-13/h6-7,9H,4,14H2,1-3H3. The lowest BCUT2D eigenvalue weighted by Gasteiger charge is -2.16. The van der Waals surface area contributed by atoms with Gasteiger partial charge in [0.2, 0.25) is 0 Å². The van der Waals surface area contributed by atoms with E-state index in [1.54, 1.807) is 26.0 Å². The molecule has 0 aliphatic heterocycles. The Labute approximate surface area is 106 Å². The van der Waals surface area contributed by atoms with Crippen molar-refractivity contribution in [3.05, 3.63) is 17.7 Å². The fourth-order valence-electron chi connectivity index (χ4n) is 1.55. The van der Waals surface area contributed by atoms with Crippen molar-refractivity contribution >= 4 is 11.8 Å². The SMILES string of the molecule is COc1cc(C(N)CC#N)c(OC)cc1SC. The quantitative estimate of drug-likeness (QED) is 0.815. The zero-order valence-electron chi connectivity index (χ0n) is 10.2. The van der Waals surface area contributed by atoms with Crippen LogP contribution < -0.4 is 15.2 Å². The molecule has 0 saturated carbocycles. The average Bonchev–Trinajstić information content (AvgIpc) is 2.37. The van der Waals surface area contributed by atoms with Gasteiger partial charge in [0.1, 0.15) is 11.5 Å². The molecule has 1 unspecified atom stereocenters. The zero-order valence-corrected chi connectivity index (χ0v) is 11.0. The summed E-state index contributed by atoms with van der Waals surface area (Å²) in [5.74, 6) is 1.44. The Morgan fingerprint density at radius 1 is 1.35 bits per heavy atom. The highest BCUT2D eigenvalue weighted by atomic mass is 32.2. The van der Waals surface area contributed by atoms with Crippen LogP contribution in [0.2, 0.25) is 0 Å². The summed E-state index contributed by atoms with van der Waals surface area (Å²) in [6.45, 7) is 0. The van der Waals surface area contributed by atoms with Gasteiger partial charge in [-0.05, 0) is 18.4 Å². The normalized spacial score (nSPS) is 11.7. The summed E-state index contributed by atoms with van der Waals surface area (Å²) < 4.78 is 10.6. The van der Waals surface area contributed by atoms with Crippen LogP contribution in [0.25, 0.3) is 0 Å². The second-order valence-corrected chi connectivity index (χ2v) is 4.27. The predicted octanol–water partition coefficient (Wildman–Crippen LogP) is 2.34. The van der Waals surface area contributed by atoms with Crippen LogP contribution in [0.15, 0.2) is 17.0 Å². The third-order valence-corrected chi connectivity index (χ3v) is 3.21. The summed E-state index contributed by atoms with van der Waals surface area (Å²) in [5.41, 5.74) is 6.73. The van der Waals surface area contributed by atoms with Gasteiger partial charge < -0.3 is 15.2 Å². The maximum atomic E-state index is 8.68. The lowest BCUT2D eigenvalue weighted by molar-refractivity contribution is 0.387. The summed E-state index contributed by atoms with van der Waals surface area (Å²) in [7, 11) is 3.20. The van der Waals surface area contributed by atoms with Crippen LogP contribution >= 0.6 is 11.8 Å². The molecule has 0 fully saturated rings. The number of rotatable bonds is 5. The molecule has 0 radical (unpaired) electrons. The Balaban J connectivity index is 3.24. The number of ether oxygens (including phenoxy) is 2. The van der Waals surface area contributed by atoms with Crippen molar-refractivity contribution in [2.75, 3.05) is 20.5 Å². The minimum absolute atomic E-state index is 0.248. The molecule has 92 valence electrons. The van der Waals surface area contributed by atoms with Crippen LogP contribution in [-0.2, 0) is 0 Å². The summed E-state index contributed by atoms with van der Waals surface area (Å²) in [4.78, 5) is 0.984. The van der Waals surface area contributed by atoms with Crippen LogP contribution in [0.1, 0.15) is 18.0 Å². The van der Waals surface area contributed by atoms with Crippen molar-refractivity contribution in [3.8, 4) is 17.6 Å². The number of methoxy groups -OCH3 is 2. The molecule has 0 aromatic heterocycles. The number of benzene rings is 1. The van der Waals surface area contributed by atoms with Gasteiger partial charge in [-0.2, -0.15) is 5.26 Å².